The molecule has 3 rings (SSSR count). The second-order valence-corrected chi connectivity index (χ2v) is 7.16. The molecule has 1 atom stereocenters. The van der Waals surface area contributed by atoms with Gasteiger partial charge in [-0.25, -0.2) is 0 Å². The van der Waals surface area contributed by atoms with Gasteiger partial charge in [-0.05, 0) is 44.5 Å². The van der Waals surface area contributed by atoms with E-state index in [-0.39, 0.29) is 30.6 Å². The fourth-order valence-electron chi connectivity index (χ4n) is 3.44. The van der Waals surface area contributed by atoms with Gasteiger partial charge in [-0.2, -0.15) is 0 Å². The first kappa shape index (κ1) is 21.5. The number of aliphatic hydroxyl groups is 1. The first-order chi connectivity index (χ1) is 14.4. The molecule has 2 aromatic rings. The van der Waals surface area contributed by atoms with Gasteiger partial charge < -0.3 is 19.5 Å². The Bertz CT molecular complexity index is 940. The SMILES string of the molecule is CCOc1cccc(/C(O)=C2/C(=O)C(=O)N(CCOC(C)C)C2c2cccnc2)c1. The number of carbonyl (C=O) groups is 2. The first-order valence-electron chi connectivity index (χ1n) is 9.97. The second-order valence-electron chi connectivity index (χ2n) is 7.16. The molecule has 0 radical (unpaired) electrons. The van der Waals surface area contributed by atoms with Crippen LogP contribution in [0.2, 0.25) is 0 Å². The first-order valence-corrected chi connectivity index (χ1v) is 9.97. The Hall–Kier alpha value is -3.19. The lowest BCUT2D eigenvalue weighted by atomic mass is 9.96. The molecule has 0 bridgehead atoms. The highest BCUT2D eigenvalue weighted by molar-refractivity contribution is 6.46. The molecule has 1 aliphatic heterocycles. The summed E-state index contributed by atoms with van der Waals surface area (Å²) < 4.78 is 11.1. The molecule has 0 saturated carbocycles. The molecule has 7 heteroatoms. The van der Waals surface area contributed by atoms with Crippen LogP contribution in [0, 0.1) is 0 Å². The molecular formula is C23H26N2O5. The Balaban J connectivity index is 2.06. The number of aromatic nitrogens is 1. The number of amides is 1. The van der Waals surface area contributed by atoms with Gasteiger partial charge in [0.1, 0.15) is 11.5 Å². The van der Waals surface area contributed by atoms with E-state index in [1.165, 1.54) is 4.90 Å². The number of pyridine rings is 1. The molecule has 158 valence electrons. The molecule has 0 aliphatic carbocycles. The van der Waals surface area contributed by atoms with Crippen LogP contribution in [0.4, 0.5) is 0 Å². The van der Waals surface area contributed by atoms with Crippen molar-refractivity contribution in [3.63, 3.8) is 0 Å². The van der Waals surface area contributed by atoms with Crippen molar-refractivity contribution in [1.29, 1.82) is 0 Å². The third kappa shape index (κ3) is 4.52. The minimum Gasteiger partial charge on any atom is -0.507 e. The van der Waals surface area contributed by atoms with Crippen LogP contribution in [0.25, 0.3) is 5.76 Å². The van der Waals surface area contributed by atoms with E-state index in [1.54, 1.807) is 48.8 Å². The number of Topliss-reactive ketones (excluding diaryl/α,β-unsaturated/α-hetero) is 1. The van der Waals surface area contributed by atoms with Gasteiger partial charge in [0, 0.05) is 24.5 Å². The molecule has 1 N–H and O–H groups in total. The van der Waals surface area contributed by atoms with Crippen molar-refractivity contribution in [2.24, 2.45) is 0 Å². The summed E-state index contributed by atoms with van der Waals surface area (Å²) in [6, 6.07) is 9.58. The van der Waals surface area contributed by atoms with Gasteiger partial charge >= 0.3 is 0 Å². The third-order valence-electron chi connectivity index (χ3n) is 4.74. The van der Waals surface area contributed by atoms with E-state index < -0.39 is 17.7 Å². The zero-order valence-corrected chi connectivity index (χ0v) is 17.4. The zero-order valence-electron chi connectivity index (χ0n) is 17.4. The average Bonchev–Trinajstić information content (AvgIpc) is 2.99. The Morgan fingerprint density at radius 3 is 2.70 bits per heavy atom. The zero-order chi connectivity index (χ0) is 21.7. The number of benzene rings is 1. The number of hydrogen-bond donors (Lipinski definition) is 1. The molecule has 30 heavy (non-hydrogen) atoms. The van der Waals surface area contributed by atoms with Crippen molar-refractivity contribution in [2.75, 3.05) is 19.8 Å². The van der Waals surface area contributed by atoms with Crippen LogP contribution >= 0.6 is 0 Å². The Labute approximate surface area is 175 Å². The normalized spacial score (nSPS) is 18.3. The number of ketones is 1. The minimum atomic E-state index is -0.745. The number of ether oxygens (including phenoxy) is 2. The van der Waals surface area contributed by atoms with Gasteiger partial charge in [0.25, 0.3) is 11.7 Å². The highest BCUT2D eigenvalue weighted by Gasteiger charge is 2.46. The Morgan fingerprint density at radius 2 is 2.03 bits per heavy atom. The fourth-order valence-corrected chi connectivity index (χ4v) is 3.44. The maximum Gasteiger partial charge on any atom is 0.295 e. The predicted molar refractivity (Wildman–Crippen MR) is 112 cm³/mol. The van der Waals surface area contributed by atoms with Crippen LogP contribution in [0.3, 0.4) is 0 Å². The number of rotatable bonds is 8. The van der Waals surface area contributed by atoms with E-state index in [9.17, 15) is 14.7 Å². The largest absolute Gasteiger partial charge is 0.507 e. The lowest BCUT2D eigenvalue weighted by Crippen LogP contribution is -2.33. The van der Waals surface area contributed by atoms with Crippen LogP contribution in [-0.2, 0) is 14.3 Å². The highest BCUT2D eigenvalue weighted by atomic mass is 16.5. The van der Waals surface area contributed by atoms with Crippen LogP contribution in [-0.4, -0.2) is 52.5 Å². The molecule has 2 heterocycles. The number of hydrogen-bond acceptors (Lipinski definition) is 6. The van der Waals surface area contributed by atoms with Crippen molar-refractivity contribution in [1.82, 2.24) is 9.88 Å². The van der Waals surface area contributed by atoms with Crippen LogP contribution in [0.15, 0.2) is 54.4 Å². The van der Waals surface area contributed by atoms with Crippen molar-refractivity contribution in [3.8, 4) is 5.75 Å². The summed E-state index contributed by atoms with van der Waals surface area (Å²) in [6.07, 6.45) is 3.21. The number of nitrogens with zero attached hydrogens (tertiary/aromatic N) is 2. The molecule has 0 spiro atoms. The van der Waals surface area contributed by atoms with Gasteiger partial charge in [-0.15, -0.1) is 0 Å². The summed E-state index contributed by atoms with van der Waals surface area (Å²) in [7, 11) is 0. The monoisotopic (exact) mass is 410 g/mol. The van der Waals surface area contributed by atoms with Crippen LogP contribution < -0.4 is 4.74 Å². The molecule has 1 amide bonds. The maximum atomic E-state index is 12.9. The minimum absolute atomic E-state index is 0.0000285. The third-order valence-corrected chi connectivity index (χ3v) is 4.74. The van der Waals surface area contributed by atoms with E-state index in [4.69, 9.17) is 9.47 Å². The van der Waals surface area contributed by atoms with E-state index in [0.717, 1.165) is 0 Å². The quantitative estimate of drug-likeness (QED) is 0.408. The highest BCUT2D eigenvalue weighted by Crippen LogP contribution is 2.39. The van der Waals surface area contributed by atoms with Crippen molar-refractivity contribution in [3.05, 3.63) is 65.5 Å². The van der Waals surface area contributed by atoms with E-state index in [2.05, 4.69) is 4.98 Å². The smallest absolute Gasteiger partial charge is 0.295 e. The molecular weight excluding hydrogens is 384 g/mol. The molecule has 1 saturated heterocycles. The summed E-state index contributed by atoms with van der Waals surface area (Å²) in [5.41, 5.74) is 1.08. The van der Waals surface area contributed by atoms with Crippen molar-refractivity contribution in [2.45, 2.75) is 32.9 Å². The summed E-state index contributed by atoms with van der Waals surface area (Å²) in [6.45, 7) is 6.63. The molecule has 1 aromatic heterocycles. The maximum absolute atomic E-state index is 12.9. The Kier molecular flexibility index (Phi) is 6.84. The molecule has 7 nitrogen and oxygen atoms in total. The summed E-state index contributed by atoms with van der Waals surface area (Å²) >= 11 is 0. The summed E-state index contributed by atoms with van der Waals surface area (Å²) in [5, 5.41) is 11.0. The molecule has 1 aromatic carbocycles. The molecule has 1 unspecified atom stereocenters. The van der Waals surface area contributed by atoms with Gasteiger partial charge in [-0.1, -0.05) is 18.2 Å². The number of likely N-dealkylation sites (tertiary alicyclic amines) is 1. The van der Waals surface area contributed by atoms with Crippen molar-refractivity contribution < 1.29 is 24.2 Å². The van der Waals surface area contributed by atoms with Gasteiger partial charge in [0.2, 0.25) is 0 Å². The molecule has 1 aliphatic rings. The lowest BCUT2D eigenvalue weighted by molar-refractivity contribution is -0.140. The topological polar surface area (TPSA) is 89.0 Å². The van der Waals surface area contributed by atoms with E-state index in [0.29, 0.717) is 23.5 Å². The standard InChI is InChI=1S/C23H26N2O5/c1-4-29-18-9-5-7-16(13-18)21(26)19-20(17-8-6-10-24-14-17)25(23(28)22(19)27)11-12-30-15(2)3/h5-10,13-15,20,26H,4,11-12H2,1-3H3/b21-19-. The van der Waals surface area contributed by atoms with Crippen LogP contribution in [0.5, 0.6) is 5.75 Å². The van der Waals surface area contributed by atoms with Crippen molar-refractivity contribution >= 4 is 17.4 Å². The van der Waals surface area contributed by atoms with Gasteiger partial charge in [0.05, 0.1) is 30.9 Å². The van der Waals surface area contributed by atoms with E-state index >= 15 is 0 Å². The summed E-state index contributed by atoms with van der Waals surface area (Å²) in [5.74, 6) is -1.07. The van der Waals surface area contributed by atoms with Gasteiger partial charge in [-0.3, -0.25) is 14.6 Å². The average molecular weight is 410 g/mol. The number of carbonyl (C=O) groups excluding carboxylic acids is 2. The number of aliphatic hydroxyl groups excluding tert-OH is 1. The second kappa shape index (κ2) is 9.54. The summed E-state index contributed by atoms with van der Waals surface area (Å²) in [4.78, 5) is 31.3. The Morgan fingerprint density at radius 1 is 1.23 bits per heavy atom. The predicted octanol–water partition coefficient (Wildman–Crippen LogP) is 3.33. The van der Waals surface area contributed by atoms with Crippen LogP contribution in [0.1, 0.15) is 37.9 Å². The molecule has 1 fully saturated rings. The fraction of sp³-hybridized carbons (Fsp3) is 0.348. The lowest BCUT2D eigenvalue weighted by Gasteiger charge is -2.25. The van der Waals surface area contributed by atoms with E-state index in [1.807, 2.05) is 20.8 Å². The van der Waals surface area contributed by atoms with Gasteiger partial charge in [0.15, 0.2) is 0 Å².